The van der Waals surface area contributed by atoms with Crippen LogP contribution in [0.25, 0.3) is 0 Å². The Hall–Kier alpha value is -3.32. The molecule has 0 saturated carbocycles. The number of hydrogen-bond donors (Lipinski definition) is 1. The zero-order valence-corrected chi connectivity index (χ0v) is 19.6. The number of halogens is 3. The maximum absolute atomic E-state index is 14.3. The Bertz CT molecular complexity index is 1150. The number of piperidine rings is 1. The summed E-state index contributed by atoms with van der Waals surface area (Å²) in [5, 5.41) is 3.03. The molecule has 1 aliphatic rings. The van der Waals surface area contributed by atoms with Gasteiger partial charge in [0.2, 0.25) is 5.91 Å². The molecule has 184 valence electrons. The number of amides is 1. The average molecular weight is 483 g/mol. The third-order valence-electron chi connectivity index (χ3n) is 6.53. The van der Waals surface area contributed by atoms with Crippen molar-refractivity contribution in [3.63, 3.8) is 0 Å². The van der Waals surface area contributed by atoms with Crippen LogP contribution in [-0.4, -0.2) is 37.6 Å². The molecule has 0 aliphatic carbocycles. The monoisotopic (exact) mass is 482 g/mol. The second-order valence-corrected chi connectivity index (χ2v) is 8.96. The second kappa shape index (κ2) is 11.4. The van der Waals surface area contributed by atoms with Gasteiger partial charge in [-0.05, 0) is 54.2 Å². The highest BCUT2D eigenvalue weighted by molar-refractivity contribution is 5.79. The van der Waals surface area contributed by atoms with Gasteiger partial charge in [0.05, 0.1) is 13.0 Å². The van der Waals surface area contributed by atoms with E-state index in [9.17, 15) is 18.0 Å². The topological polar surface area (TPSA) is 41.6 Å². The molecule has 7 heteroatoms. The quantitative estimate of drug-likeness (QED) is 0.487. The molecule has 1 fully saturated rings. The molecule has 1 heterocycles. The molecule has 1 saturated heterocycles. The third kappa shape index (κ3) is 6.42. The fraction of sp³-hybridized carbons (Fsp3) is 0.321. The van der Waals surface area contributed by atoms with Crippen LogP contribution in [0.3, 0.4) is 0 Å². The van der Waals surface area contributed by atoms with Crippen molar-refractivity contribution in [1.82, 2.24) is 10.2 Å². The van der Waals surface area contributed by atoms with E-state index in [0.29, 0.717) is 38.0 Å². The first-order valence-electron chi connectivity index (χ1n) is 11.7. The highest BCUT2D eigenvalue weighted by Crippen LogP contribution is 2.32. The molecule has 4 nitrogen and oxygen atoms in total. The smallest absolute Gasteiger partial charge is 0.224 e. The molecule has 4 rings (SSSR count). The van der Waals surface area contributed by atoms with E-state index < -0.39 is 11.6 Å². The molecule has 1 amide bonds. The number of likely N-dealkylation sites (tertiary alicyclic amines) is 1. The van der Waals surface area contributed by atoms with Gasteiger partial charge in [0, 0.05) is 37.8 Å². The molecule has 2 atom stereocenters. The summed E-state index contributed by atoms with van der Waals surface area (Å²) < 4.78 is 46.5. The molecule has 3 aromatic carbocycles. The van der Waals surface area contributed by atoms with Crippen LogP contribution in [0.5, 0.6) is 5.75 Å². The van der Waals surface area contributed by atoms with Gasteiger partial charge in [0.25, 0.3) is 0 Å². The zero-order valence-electron chi connectivity index (χ0n) is 19.6. The Labute approximate surface area is 203 Å². The Morgan fingerprint density at radius 2 is 1.71 bits per heavy atom. The van der Waals surface area contributed by atoms with Crippen LogP contribution in [0.1, 0.15) is 29.0 Å². The molecule has 0 unspecified atom stereocenters. The largest absolute Gasteiger partial charge is 0.496 e. The van der Waals surface area contributed by atoms with E-state index in [-0.39, 0.29) is 30.1 Å². The number of nitrogens with one attached hydrogen (secondary N) is 1. The van der Waals surface area contributed by atoms with Gasteiger partial charge >= 0.3 is 0 Å². The number of para-hydroxylation sites is 1. The second-order valence-electron chi connectivity index (χ2n) is 8.96. The highest BCUT2D eigenvalue weighted by atomic mass is 19.1. The Morgan fingerprint density at radius 3 is 2.46 bits per heavy atom. The van der Waals surface area contributed by atoms with E-state index in [1.165, 1.54) is 24.3 Å². The Morgan fingerprint density at radius 1 is 0.971 bits per heavy atom. The van der Waals surface area contributed by atoms with Crippen molar-refractivity contribution >= 4 is 5.91 Å². The van der Waals surface area contributed by atoms with Gasteiger partial charge in [-0.25, -0.2) is 13.2 Å². The Balaban J connectivity index is 1.46. The molecule has 1 aliphatic heterocycles. The maximum atomic E-state index is 14.3. The summed E-state index contributed by atoms with van der Waals surface area (Å²) in [5.41, 5.74) is 2.32. The number of carbonyl (C=O) groups excluding carboxylic acids is 1. The van der Waals surface area contributed by atoms with Crippen LogP contribution in [0.2, 0.25) is 0 Å². The molecular weight excluding hydrogens is 453 g/mol. The predicted molar refractivity (Wildman–Crippen MR) is 129 cm³/mol. The fourth-order valence-corrected chi connectivity index (χ4v) is 4.75. The van der Waals surface area contributed by atoms with Gasteiger partial charge in [-0.1, -0.05) is 36.4 Å². The van der Waals surface area contributed by atoms with E-state index >= 15 is 0 Å². The molecular formula is C28H29F3N2O2. The number of methoxy groups -OCH3 is 1. The van der Waals surface area contributed by atoms with Crippen molar-refractivity contribution in [2.75, 3.05) is 26.7 Å². The number of carbonyl (C=O) groups is 1. The molecule has 3 aromatic rings. The van der Waals surface area contributed by atoms with Gasteiger partial charge in [-0.3, -0.25) is 9.69 Å². The first-order valence-corrected chi connectivity index (χ1v) is 11.7. The molecule has 0 spiro atoms. The van der Waals surface area contributed by atoms with Gasteiger partial charge in [0.1, 0.15) is 23.2 Å². The average Bonchev–Trinajstić information content (AvgIpc) is 2.86. The molecule has 0 aromatic heterocycles. The minimum Gasteiger partial charge on any atom is -0.496 e. The van der Waals surface area contributed by atoms with Crippen molar-refractivity contribution in [1.29, 1.82) is 0 Å². The van der Waals surface area contributed by atoms with Crippen molar-refractivity contribution in [3.8, 4) is 5.75 Å². The number of benzene rings is 3. The SMILES string of the molecule is COc1ccccc1CCNC(=O)[C@H]1C[C@@H](c2ccc(F)cc2)CN(Cc2ccc(F)cc2F)C1. The maximum Gasteiger partial charge on any atom is 0.224 e. The Kier molecular flexibility index (Phi) is 8.08. The van der Waals surface area contributed by atoms with Gasteiger partial charge < -0.3 is 10.1 Å². The highest BCUT2D eigenvalue weighted by Gasteiger charge is 2.32. The van der Waals surface area contributed by atoms with Gasteiger partial charge in [-0.2, -0.15) is 0 Å². The molecule has 1 N–H and O–H groups in total. The van der Waals surface area contributed by atoms with E-state index in [1.54, 1.807) is 19.2 Å². The van der Waals surface area contributed by atoms with Crippen LogP contribution in [0.15, 0.2) is 66.7 Å². The molecule has 0 bridgehead atoms. The van der Waals surface area contributed by atoms with Crippen molar-refractivity contribution < 1.29 is 22.7 Å². The predicted octanol–water partition coefficient (Wildman–Crippen LogP) is 5.08. The van der Waals surface area contributed by atoms with Gasteiger partial charge in [0.15, 0.2) is 0 Å². The molecule has 35 heavy (non-hydrogen) atoms. The summed E-state index contributed by atoms with van der Waals surface area (Å²) in [6.45, 7) is 1.76. The molecule has 0 radical (unpaired) electrons. The standard InChI is InChI=1S/C28H29F3N2O2/c1-35-27-5-3-2-4-20(27)12-13-32-28(34)23-14-22(19-6-9-24(29)10-7-19)17-33(18-23)16-21-8-11-25(30)15-26(21)31/h2-11,15,22-23H,12-14,16-18H2,1H3,(H,32,34)/t22-,23+/m1/s1. The number of hydrogen-bond acceptors (Lipinski definition) is 3. The summed E-state index contributed by atoms with van der Waals surface area (Å²) in [4.78, 5) is 15.1. The van der Waals surface area contributed by atoms with E-state index in [1.807, 2.05) is 29.2 Å². The van der Waals surface area contributed by atoms with Crippen molar-refractivity contribution in [2.24, 2.45) is 5.92 Å². The summed E-state index contributed by atoms with van der Waals surface area (Å²) >= 11 is 0. The summed E-state index contributed by atoms with van der Waals surface area (Å²) in [5.74, 6) is -1.18. The first-order chi connectivity index (χ1) is 16.9. The number of ether oxygens (including phenoxy) is 1. The van der Waals surface area contributed by atoms with Gasteiger partial charge in [-0.15, -0.1) is 0 Å². The summed E-state index contributed by atoms with van der Waals surface area (Å²) in [6, 6.07) is 17.5. The van der Waals surface area contributed by atoms with Crippen molar-refractivity contribution in [3.05, 3.63) is 101 Å². The number of nitrogens with zero attached hydrogens (tertiary/aromatic N) is 1. The summed E-state index contributed by atoms with van der Waals surface area (Å²) in [6.07, 6.45) is 1.24. The lowest BCUT2D eigenvalue weighted by molar-refractivity contribution is -0.127. The normalized spacial score (nSPS) is 18.3. The van der Waals surface area contributed by atoms with Crippen LogP contribution >= 0.6 is 0 Å². The minimum atomic E-state index is -0.624. The first kappa shape index (κ1) is 24.8. The minimum absolute atomic E-state index is 0.0159. The van der Waals surface area contributed by atoms with Crippen LogP contribution in [-0.2, 0) is 17.8 Å². The lowest BCUT2D eigenvalue weighted by Crippen LogP contribution is -2.45. The lowest BCUT2D eigenvalue weighted by atomic mass is 9.83. The summed E-state index contributed by atoms with van der Waals surface area (Å²) in [7, 11) is 1.62. The van der Waals surface area contributed by atoms with Crippen LogP contribution in [0, 0.1) is 23.4 Å². The zero-order chi connectivity index (χ0) is 24.8. The van der Waals surface area contributed by atoms with Crippen LogP contribution in [0.4, 0.5) is 13.2 Å². The van der Waals surface area contributed by atoms with E-state index in [2.05, 4.69) is 5.32 Å². The fourth-order valence-electron chi connectivity index (χ4n) is 4.75. The van der Waals surface area contributed by atoms with E-state index in [4.69, 9.17) is 4.74 Å². The van der Waals surface area contributed by atoms with Crippen LogP contribution < -0.4 is 10.1 Å². The lowest BCUT2D eigenvalue weighted by Gasteiger charge is -2.37. The van der Waals surface area contributed by atoms with Crippen molar-refractivity contribution in [2.45, 2.75) is 25.3 Å². The van der Waals surface area contributed by atoms with E-state index in [0.717, 1.165) is 22.9 Å². The number of rotatable bonds is 8. The third-order valence-corrected chi connectivity index (χ3v) is 6.53.